The van der Waals surface area contributed by atoms with Crippen LogP contribution in [0.15, 0.2) is 66.3 Å². The lowest BCUT2D eigenvalue weighted by Gasteiger charge is -2.12. The van der Waals surface area contributed by atoms with Crippen molar-refractivity contribution in [2.75, 3.05) is 6.61 Å². The van der Waals surface area contributed by atoms with Gasteiger partial charge in [0.15, 0.2) is 0 Å². The molecule has 0 bridgehead atoms. The van der Waals surface area contributed by atoms with E-state index >= 15 is 0 Å². The molecule has 28 heavy (non-hydrogen) atoms. The van der Waals surface area contributed by atoms with Crippen LogP contribution in [0.25, 0.3) is 0 Å². The Morgan fingerprint density at radius 1 is 1.11 bits per heavy atom. The van der Waals surface area contributed by atoms with Crippen molar-refractivity contribution in [3.05, 3.63) is 77.4 Å². The molecule has 148 valence electrons. The number of carbonyl (C=O) groups is 1. The first-order valence-electron chi connectivity index (χ1n) is 9.04. The second-order valence-electron chi connectivity index (χ2n) is 6.91. The second kappa shape index (κ2) is 9.76. The van der Waals surface area contributed by atoms with Crippen LogP contribution in [0.4, 0.5) is 0 Å². The average molecular weight is 382 g/mol. The summed E-state index contributed by atoms with van der Waals surface area (Å²) in [6.45, 7) is 7.75. The van der Waals surface area contributed by atoms with Gasteiger partial charge in [0.25, 0.3) is 0 Å². The number of hydrogen-bond acceptors (Lipinski definition) is 5. The number of hydrogen-bond donors (Lipinski definition) is 3. The second-order valence-corrected chi connectivity index (χ2v) is 6.91. The third-order valence-electron chi connectivity index (χ3n) is 4.16. The molecule has 0 aliphatic rings. The van der Waals surface area contributed by atoms with Gasteiger partial charge in [0.2, 0.25) is 5.78 Å². The molecular weight excluding hydrogens is 356 g/mol. The van der Waals surface area contributed by atoms with E-state index in [2.05, 4.69) is 6.58 Å². The minimum Gasteiger partial charge on any atom is -0.507 e. The smallest absolute Gasteiger partial charge is 0.200 e. The van der Waals surface area contributed by atoms with E-state index in [1.165, 1.54) is 12.1 Å². The van der Waals surface area contributed by atoms with Gasteiger partial charge in [0.1, 0.15) is 29.4 Å². The van der Waals surface area contributed by atoms with Crippen LogP contribution in [0.1, 0.15) is 42.6 Å². The number of rotatable bonds is 9. The molecule has 2 rings (SSSR count). The SMILES string of the molecule is C=C(C)CC(O)CC(C)=CCOc1cc(O)c(C(=O)c2ccccc2)c(O)c1. The summed E-state index contributed by atoms with van der Waals surface area (Å²) in [5, 5.41) is 30.3. The van der Waals surface area contributed by atoms with Crippen molar-refractivity contribution in [3.8, 4) is 17.2 Å². The van der Waals surface area contributed by atoms with E-state index in [0.717, 1.165) is 11.1 Å². The van der Waals surface area contributed by atoms with Crippen LogP contribution < -0.4 is 4.74 Å². The summed E-state index contributed by atoms with van der Waals surface area (Å²) in [5.74, 6) is -0.918. The fourth-order valence-corrected chi connectivity index (χ4v) is 2.85. The van der Waals surface area contributed by atoms with Gasteiger partial charge in [-0.25, -0.2) is 0 Å². The molecule has 0 aliphatic carbocycles. The maximum absolute atomic E-state index is 12.5. The van der Waals surface area contributed by atoms with Crippen molar-refractivity contribution < 1.29 is 24.9 Å². The Balaban J connectivity index is 2.03. The average Bonchev–Trinajstić information content (AvgIpc) is 2.61. The maximum Gasteiger partial charge on any atom is 0.200 e. The quantitative estimate of drug-likeness (QED) is 0.443. The fourth-order valence-electron chi connectivity index (χ4n) is 2.85. The van der Waals surface area contributed by atoms with Crippen LogP contribution >= 0.6 is 0 Å². The summed E-state index contributed by atoms with van der Waals surface area (Å²) in [5.41, 5.74) is 2.09. The van der Waals surface area contributed by atoms with Gasteiger partial charge in [0, 0.05) is 17.7 Å². The Labute approximate surface area is 165 Å². The van der Waals surface area contributed by atoms with Gasteiger partial charge < -0.3 is 20.1 Å². The summed E-state index contributed by atoms with van der Waals surface area (Å²) >= 11 is 0. The van der Waals surface area contributed by atoms with Crippen LogP contribution in [0, 0.1) is 0 Å². The Morgan fingerprint density at radius 2 is 1.71 bits per heavy atom. The number of phenols is 2. The van der Waals surface area contributed by atoms with E-state index < -0.39 is 11.9 Å². The monoisotopic (exact) mass is 382 g/mol. The van der Waals surface area contributed by atoms with E-state index in [1.807, 2.05) is 19.9 Å². The van der Waals surface area contributed by atoms with E-state index in [-0.39, 0.29) is 29.4 Å². The van der Waals surface area contributed by atoms with Gasteiger partial charge >= 0.3 is 0 Å². The van der Waals surface area contributed by atoms with Crippen molar-refractivity contribution in [3.63, 3.8) is 0 Å². The van der Waals surface area contributed by atoms with Crippen LogP contribution in [-0.4, -0.2) is 33.8 Å². The molecule has 5 heteroatoms. The highest BCUT2D eigenvalue weighted by Gasteiger charge is 2.19. The Morgan fingerprint density at radius 3 is 2.29 bits per heavy atom. The number of aromatic hydroxyl groups is 2. The molecule has 5 nitrogen and oxygen atoms in total. The highest BCUT2D eigenvalue weighted by Crippen LogP contribution is 2.34. The van der Waals surface area contributed by atoms with Gasteiger partial charge in [-0.15, -0.1) is 6.58 Å². The largest absolute Gasteiger partial charge is 0.507 e. The third kappa shape index (κ3) is 5.99. The van der Waals surface area contributed by atoms with Gasteiger partial charge in [0.05, 0.1) is 6.10 Å². The molecule has 0 saturated heterocycles. The van der Waals surface area contributed by atoms with Gasteiger partial charge in [-0.05, 0) is 32.8 Å². The Hall–Kier alpha value is -3.05. The first kappa shape index (κ1) is 21.3. The lowest BCUT2D eigenvalue weighted by atomic mass is 10.0. The molecule has 0 amide bonds. The molecule has 1 atom stereocenters. The van der Waals surface area contributed by atoms with Gasteiger partial charge in [-0.1, -0.05) is 41.5 Å². The zero-order valence-corrected chi connectivity index (χ0v) is 16.2. The number of aliphatic hydroxyl groups is 1. The Bertz CT molecular complexity index is 845. The normalized spacial score (nSPS) is 12.5. The molecule has 0 saturated carbocycles. The lowest BCUT2D eigenvalue weighted by molar-refractivity contribution is 0.103. The molecule has 0 heterocycles. The van der Waals surface area contributed by atoms with Crippen LogP contribution in [0.5, 0.6) is 17.2 Å². The van der Waals surface area contributed by atoms with Crippen molar-refractivity contribution in [1.82, 2.24) is 0 Å². The Kier molecular flexibility index (Phi) is 7.41. The predicted octanol–water partition coefficient (Wildman–Crippen LogP) is 4.37. The van der Waals surface area contributed by atoms with E-state index in [1.54, 1.807) is 30.3 Å². The number of ether oxygens (including phenoxy) is 1. The molecule has 2 aromatic carbocycles. The standard InChI is InChI=1S/C23H26O5/c1-15(2)11-18(24)12-16(3)9-10-28-19-13-20(25)22(21(26)14-19)23(27)17-7-5-4-6-8-17/h4-9,13-14,18,24-26H,1,10-12H2,2-3H3. The first-order valence-corrected chi connectivity index (χ1v) is 9.04. The number of benzene rings is 2. The highest BCUT2D eigenvalue weighted by molar-refractivity contribution is 6.12. The molecule has 1 unspecified atom stereocenters. The zero-order chi connectivity index (χ0) is 20.7. The van der Waals surface area contributed by atoms with Gasteiger partial charge in [-0.3, -0.25) is 4.79 Å². The number of ketones is 1. The molecule has 0 spiro atoms. The topological polar surface area (TPSA) is 87.0 Å². The van der Waals surface area contributed by atoms with Crippen LogP contribution in [0.3, 0.4) is 0 Å². The highest BCUT2D eigenvalue weighted by atomic mass is 16.5. The summed E-state index contributed by atoms with van der Waals surface area (Å²) < 4.78 is 5.53. The molecule has 0 radical (unpaired) electrons. The lowest BCUT2D eigenvalue weighted by Crippen LogP contribution is -2.07. The minimum atomic E-state index is -0.481. The van der Waals surface area contributed by atoms with E-state index in [0.29, 0.717) is 18.4 Å². The van der Waals surface area contributed by atoms with Crippen molar-refractivity contribution in [1.29, 1.82) is 0 Å². The van der Waals surface area contributed by atoms with E-state index in [9.17, 15) is 20.1 Å². The van der Waals surface area contributed by atoms with Crippen LogP contribution in [-0.2, 0) is 0 Å². The molecule has 0 aromatic heterocycles. The molecule has 2 aromatic rings. The molecular formula is C23H26O5. The zero-order valence-electron chi connectivity index (χ0n) is 16.2. The summed E-state index contributed by atoms with van der Waals surface area (Å²) in [6, 6.07) is 11.0. The van der Waals surface area contributed by atoms with Crippen molar-refractivity contribution in [2.45, 2.75) is 32.8 Å². The fraction of sp³-hybridized carbons (Fsp3) is 0.261. The number of aliphatic hydroxyl groups excluding tert-OH is 1. The number of phenolic OH excluding ortho intramolecular Hbond substituents is 2. The van der Waals surface area contributed by atoms with Gasteiger partial charge in [-0.2, -0.15) is 0 Å². The van der Waals surface area contributed by atoms with Crippen molar-refractivity contribution in [2.24, 2.45) is 0 Å². The maximum atomic E-state index is 12.5. The van der Waals surface area contributed by atoms with Crippen molar-refractivity contribution >= 4 is 5.78 Å². The molecule has 0 aliphatic heterocycles. The predicted molar refractivity (Wildman–Crippen MR) is 109 cm³/mol. The first-order chi connectivity index (χ1) is 13.3. The third-order valence-corrected chi connectivity index (χ3v) is 4.16. The van der Waals surface area contributed by atoms with Crippen LogP contribution in [0.2, 0.25) is 0 Å². The minimum absolute atomic E-state index is 0.159. The van der Waals surface area contributed by atoms with E-state index in [4.69, 9.17) is 4.74 Å². The molecule has 3 N–H and O–H groups in total. The summed E-state index contributed by atoms with van der Waals surface area (Å²) in [4.78, 5) is 12.5. The molecule has 0 fully saturated rings. The summed E-state index contributed by atoms with van der Waals surface area (Å²) in [7, 11) is 0. The number of carbonyl (C=O) groups excluding carboxylic acids is 1. The summed E-state index contributed by atoms with van der Waals surface area (Å²) in [6.07, 6.45) is 2.39.